The Morgan fingerprint density at radius 2 is 2.00 bits per heavy atom. The average Bonchev–Trinajstić information content (AvgIpc) is 3.21. The number of hydrogen-bond acceptors (Lipinski definition) is 3. The highest BCUT2D eigenvalue weighted by molar-refractivity contribution is 8.01. The van der Waals surface area contributed by atoms with Gasteiger partial charge in [-0.25, -0.2) is 4.98 Å². The predicted octanol–water partition coefficient (Wildman–Crippen LogP) is 6.06. The topological polar surface area (TPSA) is 28.7 Å². The van der Waals surface area contributed by atoms with Gasteiger partial charge in [0.15, 0.2) is 0 Å². The number of hydrogen-bond donors (Lipinski definition) is 1. The number of benzene rings is 1. The van der Waals surface area contributed by atoms with Crippen LogP contribution in [0.1, 0.15) is 11.1 Å². The fraction of sp³-hybridized carbons (Fsp3) is 0.105. The number of aryl methyl sites for hydroxylation is 2. The first-order chi connectivity index (χ1) is 11.2. The maximum Gasteiger partial charge on any atom is 0.139 e. The predicted molar refractivity (Wildman–Crippen MR) is 99.4 cm³/mol. The molecule has 0 saturated heterocycles. The van der Waals surface area contributed by atoms with Crippen molar-refractivity contribution in [1.29, 1.82) is 0 Å². The molecule has 0 fully saturated rings. The van der Waals surface area contributed by atoms with Gasteiger partial charge in [0.25, 0.3) is 0 Å². The fourth-order valence-electron chi connectivity index (χ4n) is 2.69. The molecular weight excluding hydrogens is 320 g/mol. The van der Waals surface area contributed by atoms with Crippen molar-refractivity contribution in [3.05, 3.63) is 65.3 Å². The summed E-state index contributed by atoms with van der Waals surface area (Å²) < 4.78 is 1.29. The minimum Gasteiger partial charge on any atom is -0.345 e. The molecule has 114 valence electrons. The monoisotopic (exact) mass is 336 g/mol. The van der Waals surface area contributed by atoms with Crippen LogP contribution in [0.4, 0.5) is 0 Å². The van der Waals surface area contributed by atoms with E-state index in [0.717, 1.165) is 5.65 Å². The zero-order valence-electron chi connectivity index (χ0n) is 13.0. The van der Waals surface area contributed by atoms with Crippen LogP contribution in [0.5, 0.6) is 0 Å². The van der Waals surface area contributed by atoms with Crippen molar-refractivity contribution in [3.8, 4) is 11.1 Å². The van der Waals surface area contributed by atoms with E-state index < -0.39 is 0 Å². The van der Waals surface area contributed by atoms with Gasteiger partial charge in [0.1, 0.15) is 5.65 Å². The summed E-state index contributed by atoms with van der Waals surface area (Å²) in [4.78, 5) is 9.03. The molecule has 0 atom stereocenters. The number of pyridine rings is 1. The molecule has 1 N–H and O–H groups in total. The Bertz CT molecular complexity index is 968. The molecule has 0 amide bonds. The molecule has 0 aliphatic heterocycles. The van der Waals surface area contributed by atoms with E-state index in [4.69, 9.17) is 0 Å². The first-order valence-corrected chi connectivity index (χ1v) is 9.17. The van der Waals surface area contributed by atoms with Crippen LogP contribution in [0.15, 0.2) is 63.3 Å². The van der Waals surface area contributed by atoms with Gasteiger partial charge in [0, 0.05) is 22.7 Å². The third-order valence-electron chi connectivity index (χ3n) is 4.06. The Labute approximate surface area is 143 Å². The Balaban J connectivity index is 1.89. The van der Waals surface area contributed by atoms with Crippen LogP contribution in [0.3, 0.4) is 0 Å². The van der Waals surface area contributed by atoms with E-state index in [-0.39, 0.29) is 0 Å². The van der Waals surface area contributed by atoms with Gasteiger partial charge in [-0.15, -0.1) is 11.3 Å². The van der Waals surface area contributed by atoms with Crippen LogP contribution in [0.25, 0.3) is 22.2 Å². The Hall–Kier alpha value is -2.04. The molecule has 0 spiro atoms. The average molecular weight is 336 g/mol. The highest BCUT2D eigenvalue weighted by Crippen LogP contribution is 2.39. The van der Waals surface area contributed by atoms with Gasteiger partial charge >= 0.3 is 0 Å². The van der Waals surface area contributed by atoms with Crippen LogP contribution >= 0.6 is 23.1 Å². The molecule has 1 aromatic carbocycles. The highest BCUT2D eigenvalue weighted by atomic mass is 32.2. The van der Waals surface area contributed by atoms with Crippen molar-refractivity contribution in [2.75, 3.05) is 0 Å². The molecule has 0 saturated carbocycles. The number of rotatable bonds is 3. The lowest BCUT2D eigenvalue weighted by Crippen LogP contribution is -1.86. The van der Waals surface area contributed by atoms with Crippen molar-refractivity contribution in [2.24, 2.45) is 0 Å². The second kappa shape index (κ2) is 5.87. The molecule has 2 nitrogen and oxygen atoms in total. The SMILES string of the molecule is Cc1ccc(-c2ccnc3[nH]cc(Sc4cccs4)c23)cc1C. The minimum atomic E-state index is 0.944. The number of nitrogens with one attached hydrogen (secondary N) is 1. The molecule has 23 heavy (non-hydrogen) atoms. The van der Waals surface area contributed by atoms with Crippen LogP contribution < -0.4 is 0 Å². The third-order valence-corrected chi connectivity index (χ3v) is 6.14. The minimum absolute atomic E-state index is 0.944. The van der Waals surface area contributed by atoms with E-state index in [1.807, 2.05) is 6.20 Å². The summed E-state index contributed by atoms with van der Waals surface area (Å²) in [7, 11) is 0. The second-order valence-corrected chi connectivity index (χ2v) is 7.86. The van der Waals surface area contributed by atoms with Gasteiger partial charge in [-0.05, 0) is 53.6 Å². The van der Waals surface area contributed by atoms with E-state index >= 15 is 0 Å². The second-order valence-electron chi connectivity index (χ2n) is 5.57. The molecule has 4 aromatic rings. The Morgan fingerprint density at radius 1 is 1.09 bits per heavy atom. The summed E-state index contributed by atoms with van der Waals surface area (Å²) in [5, 5.41) is 3.31. The summed E-state index contributed by atoms with van der Waals surface area (Å²) in [6.45, 7) is 4.31. The van der Waals surface area contributed by atoms with Crippen LogP contribution in [-0.4, -0.2) is 9.97 Å². The van der Waals surface area contributed by atoms with Crippen LogP contribution in [0, 0.1) is 13.8 Å². The third kappa shape index (κ3) is 2.69. The lowest BCUT2D eigenvalue weighted by molar-refractivity contribution is 1.31. The summed E-state index contributed by atoms with van der Waals surface area (Å²) in [6, 6.07) is 13.0. The van der Waals surface area contributed by atoms with Gasteiger partial charge < -0.3 is 4.98 Å². The highest BCUT2D eigenvalue weighted by Gasteiger charge is 2.13. The first-order valence-electron chi connectivity index (χ1n) is 7.47. The largest absolute Gasteiger partial charge is 0.345 e. The number of aromatic nitrogens is 2. The number of nitrogens with zero attached hydrogens (tertiary/aromatic N) is 1. The molecule has 0 aliphatic carbocycles. The van der Waals surface area contributed by atoms with Gasteiger partial charge in [-0.3, -0.25) is 0 Å². The van der Waals surface area contributed by atoms with Crippen molar-refractivity contribution in [2.45, 2.75) is 23.0 Å². The zero-order valence-corrected chi connectivity index (χ0v) is 14.6. The zero-order chi connectivity index (χ0) is 15.8. The molecule has 3 heterocycles. The van der Waals surface area contributed by atoms with Gasteiger partial charge in [-0.1, -0.05) is 36.0 Å². The summed E-state index contributed by atoms with van der Waals surface area (Å²) in [5.74, 6) is 0. The van der Waals surface area contributed by atoms with Crippen molar-refractivity contribution in [3.63, 3.8) is 0 Å². The molecule has 3 aromatic heterocycles. The number of thiophene rings is 1. The van der Waals surface area contributed by atoms with Crippen LogP contribution in [0.2, 0.25) is 0 Å². The maximum atomic E-state index is 4.49. The number of aromatic amines is 1. The van der Waals surface area contributed by atoms with Crippen molar-refractivity contribution in [1.82, 2.24) is 9.97 Å². The summed E-state index contributed by atoms with van der Waals surface area (Å²) in [5.41, 5.74) is 6.06. The molecule has 4 rings (SSSR count). The van der Waals surface area contributed by atoms with Crippen LogP contribution in [-0.2, 0) is 0 Å². The van der Waals surface area contributed by atoms with Gasteiger partial charge in [-0.2, -0.15) is 0 Å². The maximum absolute atomic E-state index is 4.49. The van der Waals surface area contributed by atoms with E-state index in [2.05, 4.69) is 71.8 Å². The fourth-order valence-corrected chi connectivity index (χ4v) is 4.55. The molecular formula is C19H16N2S2. The van der Waals surface area contributed by atoms with Crippen molar-refractivity contribution < 1.29 is 0 Å². The lowest BCUT2D eigenvalue weighted by Gasteiger charge is -2.08. The smallest absolute Gasteiger partial charge is 0.139 e. The van der Waals surface area contributed by atoms with Gasteiger partial charge in [0.05, 0.1) is 4.21 Å². The standard InChI is InChI=1S/C19H16N2S2/c1-12-5-6-14(10-13(12)2)15-7-8-20-19-18(15)16(11-21-19)23-17-4-3-9-22-17/h3-11H,1-2H3,(H,20,21). The van der Waals surface area contributed by atoms with Gasteiger partial charge in [0.2, 0.25) is 0 Å². The Kier molecular flexibility index (Phi) is 3.71. The summed E-state index contributed by atoms with van der Waals surface area (Å²) in [6.07, 6.45) is 3.94. The van der Waals surface area contributed by atoms with E-state index in [9.17, 15) is 0 Å². The number of fused-ring (bicyclic) bond motifs is 1. The lowest BCUT2D eigenvalue weighted by atomic mass is 9.99. The normalized spacial score (nSPS) is 11.2. The quantitative estimate of drug-likeness (QED) is 0.492. The summed E-state index contributed by atoms with van der Waals surface area (Å²) >= 11 is 3.56. The molecule has 0 radical (unpaired) electrons. The molecule has 0 aliphatic rings. The molecule has 4 heteroatoms. The number of H-pyrrole nitrogens is 1. The van der Waals surface area contributed by atoms with E-state index in [0.29, 0.717) is 0 Å². The molecule has 0 unspecified atom stereocenters. The van der Waals surface area contributed by atoms with E-state index in [1.165, 1.54) is 36.7 Å². The Morgan fingerprint density at radius 3 is 2.78 bits per heavy atom. The first kappa shape index (κ1) is 14.5. The molecule has 0 bridgehead atoms. The van der Waals surface area contributed by atoms with Crippen molar-refractivity contribution >= 4 is 34.1 Å². The van der Waals surface area contributed by atoms with E-state index in [1.54, 1.807) is 23.1 Å².